The summed E-state index contributed by atoms with van der Waals surface area (Å²) < 4.78 is 54.2. The second kappa shape index (κ2) is 27.9. The fraction of sp³-hybridized carbons (Fsp3) is 0.471. The Morgan fingerprint density at radius 2 is 0.556 bits per heavy atom. The highest BCUT2D eigenvalue weighted by Gasteiger charge is 2.21. The fourth-order valence-corrected chi connectivity index (χ4v) is 6.71. The summed E-state index contributed by atoms with van der Waals surface area (Å²) in [6, 6.07) is 12.1. The summed E-state index contributed by atoms with van der Waals surface area (Å²) >= 11 is 0. The van der Waals surface area contributed by atoms with E-state index in [2.05, 4.69) is 40.5 Å². The van der Waals surface area contributed by atoms with Crippen LogP contribution in [0.5, 0.6) is 34.5 Å². The molecule has 0 amide bonds. The van der Waals surface area contributed by atoms with Gasteiger partial charge in [0.1, 0.15) is 0 Å². The van der Waals surface area contributed by atoms with Gasteiger partial charge in [0.25, 0.3) is 0 Å². The zero-order chi connectivity index (χ0) is 45.2. The molecule has 0 aromatic heterocycles. The summed E-state index contributed by atoms with van der Waals surface area (Å²) in [5, 5.41) is 5.33. The Kier molecular flexibility index (Phi) is 22.0. The summed E-state index contributed by atoms with van der Waals surface area (Å²) in [4.78, 5) is 35.1. The summed E-state index contributed by atoms with van der Waals surface area (Å²) in [5.74, 6) is 1.95. The van der Waals surface area contributed by atoms with Crippen LogP contribution in [0.2, 0.25) is 0 Å². The van der Waals surface area contributed by atoms with Crippen molar-refractivity contribution in [1.29, 1.82) is 0 Å². The third-order valence-corrected chi connectivity index (χ3v) is 10.0. The molecule has 0 spiro atoms. The van der Waals surface area contributed by atoms with E-state index in [1.807, 2.05) is 36.4 Å². The van der Waals surface area contributed by atoms with E-state index in [0.29, 0.717) is 73.6 Å². The van der Waals surface area contributed by atoms with Crippen LogP contribution in [0, 0.1) is 0 Å². The van der Waals surface area contributed by atoms with Crippen LogP contribution < -0.4 is 28.4 Å². The van der Waals surface area contributed by atoms with Crippen molar-refractivity contribution in [1.82, 2.24) is 0 Å². The van der Waals surface area contributed by atoms with Gasteiger partial charge in [-0.2, -0.15) is 0 Å². The Labute approximate surface area is 372 Å². The fourth-order valence-electron chi connectivity index (χ4n) is 6.71. The maximum atomic E-state index is 11.7. The van der Waals surface area contributed by atoms with Gasteiger partial charge in [0.2, 0.25) is 0 Å². The van der Waals surface area contributed by atoms with Crippen molar-refractivity contribution in [2.75, 3.05) is 59.5 Å². The average Bonchev–Trinajstić information content (AvgIpc) is 3.30. The molecule has 12 heteroatoms. The lowest BCUT2D eigenvalue weighted by molar-refractivity contribution is -0.138. The van der Waals surface area contributed by atoms with E-state index in [-0.39, 0.29) is 39.6 Å². The van der Waals surface area contributed by atoms with Crippen molar-refractivity contribution < 1.29 is 57.0 Å². The summed E-state index contributed by atoms with van der Waals surface area (Å²) in [5.41, 5.74) is 0. The molecule has 4 rings (SSSR count). The molecule has 0 aliphatic rings. The molecule has 0 radical (unpaired) electrons. The third kappa shape index (κ3) is 15.7. The van der Waals surface area contributed by atoms with E-state index in [1.165, 1.54) is 0 Å². The molecular weight excluding hydrogens is 805 g/mol. The molecular formula is C51H66O12. The molecule has 0 aliphatic heterocycles. The van der Waals surface area contributed by atoms with E-state index in [1.54, 1.807) is 0 Å². The Balaban J connectivity index is 1.95. The second-order valence-electron chi connectivity index (χ2n) is 14.9. The van der Waals surface area contributed by atoms with E-state index in [0.717, 1.165) is 108 Å². The van der Waals surface area contributed by atoms with Gasteiger partial charge in [-0.25, -0.2) is 14.4 Å². The summed E-state index contributed by atoms with van der Waals surface area (Å²) in [7, 11) is 0. The van der Waals surface area contributed by atoms with Crippen LogP contribution in [0.15, 0.2) is 74.4 Å². The maximum Gasteiger partial charge on any atom is 0.330 e. The van der Waals surface area contributed by atoms with Crippen molar-refractivity contribution in [3.63, 3.8) is 0 Å². The number of fused-ring (bicyclic) bond motifs is 6. The van der Waals surface area contributed by atoms with Crippen LogP contribution in [0.3, 0.4) is 0 Å². The van der Waals surface area contributed by atoms with E-state index in [4.69, 9.17) is 42.6 Å². The van der Waals surface area contributed by atoms with Crippen LogP contribution in [0.25, 0.3) is 32.3 Å². The van der Waals surface area contributed by atoms with Gasteiger partial charge in [-0.3, -0.25) is 0 Å². The van der Waals surface area contributed by atoms with Crippen molar-refractivity contribution in [3.8, 4) is 34.5 Å². The monoisotopic (exact) mass is 870 g/mol. The lowest BCUT2D eigenvalue weighted by Crippen LogP contribution is -2.08. The van der Waals surface area contributed by atoms with Gasteiger partial charge in [0.05, 0.1) is 59.5 Å². The first kappa shape index (κ1) is 49.7. The minimum atomic E-state index is -0.488. The lowest BCUT2D eigenvalue weighted by atomic mass is 9.93. The van der Waals surface area contributed by atoms with Crippen LogP contribution >= 0.6 is 0 Å². The van der Waals surface area contributed by atoms with Gasteiger partial charge in [0, 0.05) is 37.5 Å². The third-order valence-electron chi connectivity index (χ3n) is 10.0. The predicted molar refractivity (Wildman–Crippen MR) is 248 cm³/mol. The number of carbonyl (C=O) groups excluding carboxylic acids is 3. The average molecular weight is 871 g/mol. The van der Waals surface area contributed by atoms with Gasteiger partial charge in [-0.05, 0) is 88.0 Å². The smallest absolute Gasteiger partial charge is 0.330 e. The Morgan fingerprint density at radius 3 is 0.746 bits per heavy atom. The molecule has 0 unspecified atom stereocenters. The first-order valence-electron chi connectivity index (χ1n) is 22.5. The quantitative estimate of drug-likeness (QED) is 0.0148. The van der Waals surface area contributed by atoms with Crippen LogP contribution in [-0.2, 0) is 28.6 Å². The highest BCUT2D eigenvalue weighted by Crippen LogP contribution is 2.47. The molecule has 0 heterocycles. The lowest BCUT2D eigenvalue weighted by Gasteiger charge is -2.21. The molecule has 4 aromatic rings. The van der Waals surface area contributed by atoms with Crippen LogP contribution in [0.1, 0.15) is 97.8 Å². The van der Waals surface area contributed by atoms with Crippen LogP contribution in [0.4, 0.5) is 0 Å². The second-order valence-corrected chi connectivity index (χ2v) is 14.9. The molecule has 63 heavy (non-hydrogen) atoms. The maximum absolute atomic E-state index is 11.7. The van der Waals surface area contributed by atoms with E-state index < -0.39 is 17.9 Å². The van der Waals surface area contributed by atoms with Gasteiger partial charge < -0.3 is 42.6 Å². The first-order chi connectivity index (χ1) is 30.8. The SMILES string of the molecule is C=CC(=O)OCCCOc1cc2c(cc1OCCCCC)c1cc(OCCCCC)c(OCCCOC(=O)C=C)cc1c1cc(OCCCOC(=O)C=C)c(OCCCCC)cc21. The molecule has 12 nitrogen and oxygen atoms in total. The number of rotatable bonds is 33. The normalized spacial score (nSPS) is 10.9. The highest BCUT2D eigenvalue weighted by atomic mass is 16.6. The molecule has 4 aromatic carbocycles. The predicted octanol–water partition coefficient (Wildman–Crippen LogP) is 11.3. The zero-order valence-corrected chi connectivity index (χ0v) is 37.6. The van der Waals surface area contributed by atoms with Gasteiger partial charge in [0.15, 0.2) is 34.5 Å². The molecule has 0 saturated heterocycles. The first-order valence-corrected chi connectivity index (χ1v) is 22.5. The molecule has 0 saturated carbocycles. The molecule has 0 aliphatic carbocycles. The zero-order valence-electron chi connectivity index (χ0n) is 37.6. The van der Waals surface area contributed by atoms with Gasteiger partial charge in [-0.1, -0.05) is 79.0 Å². The van der Waals surface area contributed by atoms with Crippen LogP contribution in [-0.4, -0.2) is 77.4 Å². The minimum Gasteiger partial charge on any atom is -0.490 e. The molecule has 0 atom stereocenters. The van der Waals surface area contributed by atoms with Gasteiger partial charge >= 0.3 is 17.9 Å². The number of hydrogen-bond donors (Lipinski definition) is 0. The molecule has 0 bridgehead atoms. The van der Waals surface area contributed by atoms with Crippen molar-refractivity contribution in [2.45, 2.75) is 97.8 Å². The van der Waals surface area contributed by atoms with Gasteiger partial charge in [-0.15, -0.1) is 0 Å². The standard InChI is InChI=1S/C51H66O12/c1-7-13-16-22-55-43-31-37-38-32-44(56-23-17-14-8-2)47(59-26-20-29-62-50(53)11-5)35-41(38)42-36-48(60-27-21-30-63-51(54)12-6)45(57-24-18-15-9-3)33-39(42)40(37)34-46(43)58-25-19-28-61-49(52)10-4/h10-12,31-36H,4-9,13-30H2,1-3H3. The van der Waals surface area contributed by atoms with Crippen molar-refractivity contribution in [3.05, 3.63) is 74.4 Å². The Hall–Kier alpha value is -5.91. The largest absolute Gasteiger partial charge is 0.490 e. The summed E-state index contributed by atoms with van der Waals surface area (Å²) in [6.45, 7) is 19.7. The number of carbonyl (C=O) groups is 3. The number of unbranched alkanes of at least 4 members (excludes halogenated alkanes) is 6. The Morgan fingerprint density at radius 1 is 0.349 bits per heavy atom. The number of esters is 3. The topological polar surface area (TPSA) is 134 Å². The van der Waals surface area contributed by atoms with E-state index in [9.17, 15) is 14.4 Å². The van der Waals surface area contributed by atoms with E-state index >= 15 is 0 Å². The number of hydrogen-bond acceptors (Lipinski definition) is 12. The summed E-state index contributed by atoms with van der Waals surface area (Å²) in [6.07, 6.45) is 13.6. The van der Waals surface area contributed by atoms with Crippen molar-refractivity contribution >= 4 is 50.2 Å². The number of ether oxygens (including phenoxy) is 9. The molecule has 0 fully saturated rings. The Bertz CT molecular complexity index is 2120. The molecule has 342 valence electrons. The highest BCUT2D eigenvalue weighted by molar-refractivity contribution is 6.26. The van der Waals surface area contributed by atoms with Crippen molar-refractivity contribution in [2.24, 2.45) is 0 Å². The number of benzene rings is 4. The molecule has 0 N–H and O–H groups in total. The minimum absolute atomic E-state index is 0.176.